The van der Waals surface area contributed by atoms with E-state index in [9.17, 15) is 4.79 Å². The summed E-state index contributed by atoms with van der Waals surface area (Å²) in [4.78, 5) is 16.5. The predicted molar refractivity (Wildman–Crippen MR) is 52.0 cm³/mol. The molecule has 0 fully saturated rings. The number of esters is 1. The van der Waals surface area contributed by atoms with Gasteiger partial charge in [0.05, 0.1) is 23.7 Å². The normalized spacial score (nSPS) is 12.6. The molecule has 0 N–H and O–H groups in total. The first kappa shape index (κ1) is 10.2. The number of nitrogens with zero attached hydrogens (tertiary/aromatic N) is 1. The van der Waals surface area contributed by atoms with E-state index in [2.05, 4.69) is 9.72 Å². The predicted octanol–water partition coefficient (Wildman–Crippen LogP) is 2.04. The fraction of sp³-hybridized carbons (Fsp3) is 0.556. The third-order valence-corrected chi connectivity index (χ3v) is 3.14. The Morgan fingerprint density at radius 2 is 2.15 bits per heavy atom. The van der Waals surface area contributed by atoms with Crippen LogP contribution in [-0.2, 0) is 9.53 Å². The molecule has 4 heteroatoms. The molecule has 0 saturated heterocycles. The molecule has 72 valence electrons. The van der Waals surface area contributed by atoms with E-state index in [4.69, 9.17) is 0 Å². The molecule has 0 aliphatic rings. The van der Waals surface area contributed by atoms with Crippen LogP contribution in [0.2, 0.25) is 0 Å². The molecule has 0 bridgehead atoms. The molecule has 0 radical (unpaired) electrons. The Balaban J connectivity index is 2.94. The van der Waals surface area contributed by atoms with Crippen molar-refractivity contribution < 1.29 is 9.53 Å². The summed E-state index contributed by atoms with van der Waals surface area (Å²) in [5.41, 5.74) is 0.931. The number of aromatic nitrogens is 1. The quantitative estimate of drug-likeness (QED) is 0.684. The molecule has 0 amide bonds. The van der Waals surface area contributed by atoms with Gasteiger partial charge in [0.25, 0.3) is 0 Å². The molecule has 1 atom stereocenters. The summed E-state index contributed by atoms with van der Waals surface area (Å²) < 4.78 is 4.67. The first-order valence-corrected chi connectivity index (χ1v) is 4.89. The van der Waals surface area contributed by atoms with Crippen molar-refractivity contribution in [3.8, 4) is 0 Å². The van der Waals surface area contributed by atoms with Crippen LogP contribution in [0.15, 0.2) is 0 Å². The SMILES string of the molecule is COC(=O)C(C)c1sc(C)nc1C. The van der Waals surface area contributed by atoms with Crippen molar-refractivity contribution in [3.05, 3.63) is 15.6 Å². The Labute approximate surface area is 81.8 Å². The maximum atomic E-state index is 11.2. The number of ether oxygens (including phenoxy) is 1. The average Bonchev–Trinajstić information content (AvgIpc) is 2.42. The first-order chi connectivity index (χ1) is 6.06. The summed E-state index contributed by atoms with van der Waals surface area (Å²) in [6, 6.07) is 0. The Morgan fingerprint density at radius 1 is 1.54 bits per heavy atom. The number of thiazole rings is 1. The van der Waals surface area contributed by atoms with Gasteiger partial charge in [0.2, 0.25) is 0 Å². The number of aryl methyl sites for hydroxylation is 2. The molecule has 3 nitrogen and oxygen atoms in total. The summed E-state index contributed by atoms with van der Waals surface area (Å²) in [5, 5.41) is 0.989. The highest BCUT2D eigenvalue weighted by atomic mass is 32.1. The smallest absolute Gasteiger partial charge is 0.313 e. The standard InChI is InChI=1S/C9H13NO2S/c1-5(9(11)12-4)8-6(2)10-7(3)13-8/h5H,1-4H3. The second kappa shape index (κ2) is 3.87. The van der Waals surface area contributed by atoms with Gasteiger partial charge in [-0.15, -0.1) is 11.3 Å². The summed E-state index contributed by atoms with van der Waals surface area (Å²) in [7, 11) is 1.40. The van der Waals surface area contributed by atoms with Gasteiger partial charge in [-0.1, -0.05) is 0 Å². The Morgan fingerprint density at radius 3 is 2.54 bits per heavy atom. The van der Waals surface area contributed by atoms with Gasteiger partial charge in [0, 0.05) is 4.88 Å². The van der Waals surface area contributed by atoms with E-state index in [0.717, 1.165) is 15.6 Å². The molecule has 1 aromatic rings. The van der Waals surface area contributed by atoms with E-state index < -0.39 is 0 Å². The fourth-order valence-corrected chi connectivity index (χ4v) is 2.20. The van der Waals surface area contributed by atoms with Crippen LogP contribution < -0.4 is 0 Å². The van der Waals surface area contributed by atoms with Crippen molar-refractivity contribution >= 4 is 17.3 Å². The lowest BCUT2D eigenvalue weighted by molar-refractivity contribution is -0.141. The second-order valence-corrected chi connectivity index (χ2v) is 4.16. The van der Waals surface area contributed by atoms with Crippen LogP contribution in [0.25, 0.3) is 0 Å². The van der Waals surface area contributed by atoms with E-state index >= 15 is 0 Å². The Bertz CT molecular complexity index is 319. The average molecular weight is 199 g/mol. The summed E-state index contributed by atoms with van der Waals surface area (Å²) in [6.45, 7) is 5.69. The van der Waals surface area contributed by atoms with E-state index in [1.165, 1.54) is 7.11 Å². The second-order valence-electron chi connectivity index (χ2n) is 2.93. The fourth-order valence-electron chi connectivity index (χ4n) is 1.23. The van der Waals surface area contributed by atoms with Crippen LogP contribution in [0.1, 0.15) is 28.4 Å². The minimum atomic E-state index is -0.202. The lowest BCUT2D eigenvalue weighted by Gasteiger charge is -2.06. The molecule has 1 heterocycles. The molecule has 0 aliphatic heterocycles. The van der Waals surface area contributed by atoms with E-state index in [1.54, 1.807) is 11.3 Å². The van der Waals surface area contributed by atoms with Crippen LogP contribution in [0, 0.1) is 13.8 Å². The maximum Gasteiger partial charge on any atom is 0.313 e. The number of carbonyl (C=O) groups excluding carboxylic acids is 1. The van der Waals surface area contributed by atoms with Crippen molar-refractivity contribution in [2.45, 2.75) is 26.7 Å². The van der Waals surface area contributed by atoms with E-state index in [0.29, 0.717) is 0 Å². The lowest BCUT2D eigenvalue weighted by atomic mass is 10.1. The number of rotatable bonds is 2. The molecule has 1 aromatic heterocycles. The van der Waals surface area contributed by atoms with Gasteiger partial charge in [-0.25, -0.2) is 4.98 Å². The molecule has 1 unspecified atom stereocenters. The van der Waals surface area contributed by atoms with Gasteiger partial charge in [-0.2, -0.15) is 0 Å². The highest BCUT2D eigenvalue weighted by Crippen LogP contribution is 2.26. The number of methoxy groups -OCH3 is 1. The van der Waals surface area contributed by atoms with Crippen molar-refractivity contribution in [2.75, 3.05) is 7.11 Å². The van der Waals surface area contributed by atoms with Crippen molar-refractivity contribution in [1.82, 2.24) is 4.98 Å². The van der Waals surface area contributed by atoms with Gasteiger partial charge < -0.3 is 4.74 Å². The summed E-state index contributed by atoms with van der Waals surface area (Å²) in [5.74, 6) is -0.400. The van der Waals surface area contributed by atoms with Gasteiger partial charge >= 0.3 is 5.97 Å². The van der Waals surface area contributed by atoms with Gasteiger partial charge in [-0.05, 0) is 20.8 Å². The zero-order chi connectivity index (χ0) is 10.0. The monoisotopic (exact) mass is 199 g/mol. The van der Waals surface area contributed by atoms with Crippen LogP contribution in [0.3, 0.4) is 0 Å². The number of carbonyl (C=O) groups is 1. The van der Waals surface area contributed by atoms with E-state index in [1.807, 2.05) is 20.8 Å². The molecular weight excluding hydrogens is 186 g/mol. The van der Waals surface area contributed by atoms with Gasteiger partial charge in [-0.3, -0.25) is 4.79 Å². The lowest BCUT2D eigenvalue weighted by Crippen LogP contribution is -2.10. The molecule has 0 spiro atoms. The third kappa shape index (κ3) is 2.06. The first-order valence-electron chi connectivity index (χ1n) is 4.08. The van der Waals surface area contributed by atoms with Gasteiger partial charge in [0.15, 0.2) is 0 Å². The van der Waals surface area contributed by atoms with Crippen molar-refractivity contribution in [2.24, 2.45) is 0 Å². The molecule has 0 saturated carbocycles. The minimum absolute atomic E-state index is 0.198. The largest absolute Gasteiger partial charge is 0.469 e. The van der Waals surface area contributed by atoms with Crippen LogP contribution in [-0.4, -0.2) is 18.1 Å². The molecule has 0 aliphatic carbocycles. The van der Waals surface area contributed by atoms with Gasteiger partial charge in [0.1, 0.15) is 0 Å². The van der Waals surface area contributed by atoms with Crippen molar-refractivity contribution in [1.29, 1.82) is 0 Å². The van der Waals surface area contributed by atoms with Crippen LogP contribution >= 0.6 is 11.3 Å². The Hall–Kier alpha value is -0.900. The summed E-state index contributed by atoms with van der Waals surface area (Å²) in [6.07, 6.45) is 0. The highest BCUT2D eigenvalue weighted by molar-refractivity contribution is 7.11. The zero-order valence-electron chi connectivity index (χ0n) is 8.25. The highest BCUT2D eigenvalue weighted by Gasteiger charge is 2.20. The minimum Gasteiger partial charge on any atom is -0.469 e. The van der Waals surface area contributed by atoms with E-state index in [-0.39, 0.29) is 11.9 Å². The zero-order valence-corrected chi connectivity index (χ0v) is 9.07. The molecule has 1 rings (SSSR count). The molecule has 0 aromatic carbocycles. The summed E-state index contributed by atoms with van der Waals surface area (Å²) >= 11 is 1.55. The van der Waals surface area contributed by atoms with Crippen LogP contribution in [0.5, 0.6) is 0 Å². The maximum absolute atomic E-state index is 11.2. The van der Waals surface area contributed by atoms with Crippen molar-refractivity contribution in [3.63, 3.8) is 0 Å². The molecular formula is C9H13NO2S. The number of hydrogen-bond acceptors (Lipinski definition) is 4. The molecule has 13 heavy (non-hydrogen) atoms. The topological polar surface area (TPSA) is 39.2 Å². The third-order valence-electron chi connectivity index (χ3n) is 1.89. The Kier molecular flexibility index (Phi) is 3.03. The number of hydrogen-bond donors (Lipinski definition) is 0. The van der Waals surface area contributed by atoms with Crippen LogP contribution in [0.4, 0.5) is 0 Å².